The molecule has 0 unspecified atom stereocenters. The van der Waals surface area contributed by atoms with E-state index in [1.54, 1.807) is 19.2 Å². The molecule has 0 radical (unpaired) electrons. The Morgan fingerprint density at radius 1 is 1.29 bits per heavy atom. The van der Waals surface area contributed by atoms with Gasteiger partial charge in [-0.1, -0.05) is 13.0 Å². The third-order valence-corrected chi connectivity index (χ3v) is 4.91. The lowest BCUT2D eigenvalue weighted by Crippen LogP contribution is -2.27. The Labute approximate surface area is 103 Å². The van der Waals surface area contributed by atoms with E-state index in [0.29, 0.717) is 11.4 Å². The van der Waals surface area contributed by atoms with Gasteiger partial charge in [0.05, 0.1) is 4.90 Å². The van der Waals surface area contributed by atoms with Crippen molar-refractivity contribution in [2.24, 2.45) is 0 Å². The molecule has 94 valence electrons. The van der Waals surface area contributed by atoms with Crippen LogP contribution in [0.3, 0.4) is 0 Å². The number of fused-ring (bicyclic) bond motifs is 1. The van der Waals surface area contributed by atoms with Gasteiger partial charge in [0.25, 0.3) is 0 Å². The van der Waals surface area contributed by atoms with Crippen molar-refractivity contribution in [1.82, 2.24) is 9.62 Å². The van der Waals surface area contributed by atoms with Gasteiger partial charge in [-0.25, -0.2) is 12.7 Å². The number of benzene rings is 1. The Kier molecular flexibility index (Phi) is 3.51. The van der Waals surface area contributed by atoms with Crippen LogP contribution < -0.4 is 5.32 Å². The average molecular weight is 254 g/mol. The van der Waals surface area contributed by atoms with Crippen LogP contribution in [0.4, 0.5) is 0 Å². The smallest absolute Gasteiger partial charge is 0.242 e. The largest absolute Gasteiger partial charge is 0.309 e. The van der Waals surface area contributed by atoms with Gasteiger partial charge in [0.1, 0.15) is 0 Å². The normalized spacial score (nSPS) is 15.2. The summed E-state index contributed by atoms with van der Waals surface area (Å²) >= 11 is 0. The quantitative estimate of drug-likeness (QED) is 0.881. The molecule has 1 aromatic rings. The second kappa shape index (κ2) is 4.76. The van der Waals surface area contributed by atoms with E-state index < -0.39 is 10.0 Å². The summed E-state index contributed by atoms with van der Waals surface area (Å²) in [4.78, 5) is 0.399. The molecule has 17 heavy (non-hydrogen) atoms. The maximum absolute atomic E-state index is 12.2. The van der Waals surface area contributed by atoms with E-state index >= 15 is 0 Å². The zero-order valence-corrected chi connectivity index (χ0v) is 11.0. The highest BCUT2D eigenvalue weighted by atomic mass is 32.2. The minimum absolute atomic E-state index is 0.399. The molecule has 1 heterocycles. The summed E-state index contributed by atoms with van der Waals surface area (Å²) in [6, 6.07) is 5.39. The molecule has 1 aliphatic rings. The summed E-state index contributed by atoms with van der Waals surface area (Å²) < 4.78 is 25.9. The Morgan fingerprint density at radius 2 is 2.00 bits per heavy atom. The van der Waals surface area contributed by atoms with E-state index in [1.165, 1.54) is 9.87 Å². The van der Waals surface area contributed by atoms with Crippen molar-refractivity contribution in [1.29, 1.82) is 0 Å². The Bertz CT molecular complexity index is 511. The topological polar surface area (TPSA) is 49.4 Å². The minimum atomic E-state index is -3.32. The van der Waals surface area contributed by atoms with Crippen molar-refractivity contribution in [3.8, 4) is 0 Å². The molecular weight excluding hydrogens is 236 g/mol. The molecular formula is C12H18N2O2S. The highest BCUT2D eigenvalue weighted by molar-refractivity contribution is 7.89. The summed E-state index contributed by atoms with van der Waals surface area (Å²) in [5, 5.41) is 3.21. The predicted molar refractivity (Wildman–Crippen MR) is 67.1 cm³/mol. The van der Waals surface area contributed by atoms with Gasteiger partial charge in [-0.05, 0) is 29.7 Å². The molecule has 4 nitrogen and oxygen atoms in total. The van der Waals surface area contributed by atoms with Crippen LogP contribution in [0.2, 0.25) is 0 Å². The highest BCUT2D eigenvalue weighted by Crippen LogP contribution is 2.22. The van der Waals surface area contributed by atoms with Crippen LogP contribution in [0.15, 0.2) is 23.1 Å². The van der Waals surface area contributed by atoms with E-state index in [-0.39, 0.29) is 0 Å². The van der Waals surface area contributed by atoms with E-state index in [4.69, 9.17) is 0 Å². The number of hydrogen-bond acceptors (Lipinski definition) is 3. The first-order valence-corrected chi connectivity index (χ1v) is 7.28. The average Bonchev–Trinajstić information content (AvgIpc) is 2.76. The van der Waals surface area contributed by atoms with Crippen molar-refractivity contribution in [3.05, 3.63) is 29.3 Å². The fourth-order valence-corrected chi connectivity index (χ4v) is 3.36. The number of nitrogens with zero attached hydrogens (tertiary/aromatic N) is 1. The molecule has 0 aliphatic carbocycles. The molecule has 0 amide bonds. The fraction of sp³-hybridized carbons (Fsp3) is 0.500. The first kappa shape index (κ1) is 12.5. The molecule has 2 rings (SSSR count). The lowest BCUT2D eigenvalue weighted by atomic mass is 10.1. The van der Waals surface area contributed by atoms with Crippen molar-refractivity contribution < 1.29 is 8.42 Å². The molecule has 0 fully saturated rings. The van der Waals surface area contributed by atoms with Crippen molar-refractivity contribution in [2.75, 3.05) is 13.6 Å². The van der Waals surface area contributed by atoms with E-state index in [0.717, 1.165) is 25.1 Å². The SMILES string of the molecule is CCCN(C)S(=O)(=O)c1ccc2c(c1)CNC2. The second-order valence-electron chi connectivity index (χ2n) is 4.36. The maximum atomic E-state index is 12.2. The summed E-state index contributed by atoms with van der Waals surface area (Å²) in [5.41, 5.74) is 2.29. The van der Waals surface area contributed by atoms with Gasteiger partial charge in [-0.15, -0.1) is 0 Å². The van der Waals surface area contributed by atoms with Crippen LogP contribution in [-0.2, 0) is 23.1 Å². The van der Waals surface area contributed by atoms with Crippen LogP contribution in [0, 0.1) is 0 Å². The Morgan fingerprint density at radius 3 is 2.71 bits per heavy atom. The van der Waals surface area contributed by atoms with Crippen LogP contribution in [0.1, 0.15) is 24.5 Å². The first-order chi connectivity index (χ1) is 8.05. The molecule has 0 spiro atoms. The molecule has 0 bridgehead atoms. The third-order valence-electron chi connectivity index (χ3n) is 3.06. The molecule has 1 aliphatic heterocycles. The van der Waals surface area contributed by atoms with E-state index in [2.05, 4.69) is 5.32 Å². The van der Waals surface area contributed by atoms with Crippen LogP contribution in [-0.4, -0.2) is 26.3 Å². The molecule has 0 atom stereocenters. The van der Waals surface area contributed by atoms with Gasteiger partial charge in [0.15, 0.2) is 0 Å². The summed E-state index contributed by atoms with van der Waals surface area (Å²) in [6.45, 7) is 4.12. The molecule has 0 saturated heterocycles. The summed E-state index contributed by atoms with van der Waals surface area (Å²) in [7, 11) is -1.69. The van der Waals surface area contributed by atoms with Gasteiger partial charge in [0, 0.05) is 26.7 Å². The van der Waals surface area contributed by atoms with Crippen molar-refractivity contribution >= 4 is 10.0 Å². The third kappa shape index (κ3) is 2.36. The van der Waals surface area contributed by atoms with Gasteiger partial charge in [0.2, 0.25) is 10.0 Å². The highest BCUT2D eigenvalue weighted by Gasteiger charge is 2.22. The van der Waals surface area contributed by atoms with E-state index in [1.807, 2.05) is 13.0 Å². The Balaban J connectivity index is 2.34. The first-order valence-electron chi connectivity index (χ1n) is 5.84. The van der Waals surface area contributed by atoms with Gasteiger partial charge < -0.3 is 5.32 Å². The zero-order valence-electron chi connectivity index (χ0n) is 10.2. The number of sulfonamides is 1. The zero-order chi connectivity index (χ0) is 12.5. The fourth-order valence-electron chi connectivity index (χ4n) is 2.05. The standard InChI is InChI=1S/C12H18N2O2S/c1-3-6-14(2)17(15,16)12-5-4-10-8-13-9-11(10)7-12/h4-5,7,13H,3,6,8-9H2,1-2H3. The van der Waals surface area contributed by atoms with Crippen molar-refractivity contribution in [3.63, 3.8) is 0 Å². The summed E-state index contributed by atoms with van der Waals surface area (Å²) in [6.07, 6.45) is 0.822. The monoisotopic (exact) mass is 254 g/mol. The van der Waals surface area contributed by atoms with Crippen molar-refractivity contribution in [2.45, 2.75) is 31.3 Å². The van der Waals surface area contributed by atoms with Crippen LogP contribution in [0.25, 0.3) is 0 Å². The number of nitrogens with one attached hydrogen (secondary N) is 1. The number of hydrogen-bond donors (Lipinski definition) is 1. The predicted octanol–water partition coefficient (Wildman–Crippen LogP) is 1.32. The molecule has 0 aromatic heterocycles. The molecule has 1 aromatic carbocycles. The number of rotatable bonds is 4. The lowest BCUT2D eigenvalue weighted by molar-refractivity contribution is 0.468. The van der Waals surface area contributed by atoms with E-state index in [9.17, 15) is 8.42 Å². The Hall–Kier alpha value is -0.910. The second-order valence-corrected chi connectivity index (χ2v) is 6.41. The van der Waals surface area contributed by atoms with Crippen LogP contribution >= 0.6 is 0 Å². The molecule has 5 heteroatoms. The van der Waals surface area contributed by atoms with Gasteiger partial charge in [-0.2, -0.15) is 0 Å². The maximum Gasteiger partial charge on any atom is 0.242 e. The van der Waals surface area contributed by atoms with Gasteiger partial charge in [-0.3, -0.25) is 0 Å². The molecule has 1 N–H and O–H groups in total. The van der Waals surface area contributed by atoms with Crippen LogP contribution in [0.5, 0.6) is 0 Å². The summed E-state index contributed by atoms with van der Waals surface area (Å²) in [5.74, 6) is 0. The molecule has 0 saturated carbocycles. The lowest BCUT2D eigenvalue weighted by Gasteiger charge is -2.16. The minimum Gasteiger partial charge on any atom is -0.309 e. The van der Waals surface area contributed by atoms with Gasteiger partial charge >= 0.3 is 0 Å².